The van der Waals surface area contributed by atoms with E-state index >= 15 is 0 Å². The molecule has 5 nitrogen and oxygen atoms in total. The highest BCUT2D eigenvalue weighted by molar-refractivity contribution is 5.90. The molecule has 0 saturated carbocycles. The fourth-order valence-electron chi connectivity index (χ4n) is 1.35. The Morgan fingerprint density at radius 2 is 2.06 bits per heavy atom. The molecular weight excluding hydrogens is 223 g/mol. The maximum atomic E-state index is 12.6. The van der Waals surface area contributed by atoms with E-state index in [9.17, 15) is 9.18 Å². The van der Waals surface area contributed by atoms with Gasteiger partial charge in [-0.15, -0.1) is 0 Å². The molecule has 0 saturated heterocycles. The van der Waals surface area contributed by atoms with Crippen LogP contribution in [0.15, 0.2) is 36.5 Å². The Morgan fingerprint density at radius 3 is 2.65 bits per heavy atom. The highest BCUT2D eigenvalue weighted by Crippen LogP contribution is 2.08. The molecule has 1 aromatic carbocycles. The summed E-state index contributed by atoms with van der Waals surface area (Å²) < 4.78 is 14.1. The zero-order chi connectivity index (χ0) is 12.3. The standard InChI is InChI=1S/C11H11FN4O/c12-8-1-3-9(4-2-8)14-11(17)7-16-6-5-10(13)15-16/h1-6H,7H2,(H2,13,15)(H,14,17). The lowest BCUT2D eigenvalue weighted by molar-refractivity contribution is -0.116. The Kier molecular flexibility index (Phi) is 3.04. The molecule has 0 atom stereocenters. The van der Waals surface area contributed by atoms with E-state index in [1.165, 1.54) is 28.9 Å². The number of nitrogens with two attached hydrogens (primary N) is 1. The second-order valence-corrected chi connectivity index (χ2v) is 3.49. The van der Waals surface area contributed by atoms with Crippen molar-refractivity contribution in [3.8, 4) is 0 Å². The van der Waals surface area contributed by atoms with Gasteiger partial charge in [0.1, 0.15) is 18.2 Å². The molecule has 3 N–H and O–H groups in total. The van der Waals surface area contributed by atoms with Crippen molar-refractivity contribution in [2.75, 3.05) is 11.1 Å². The van der Waals surface area contributed by atoms with E-state index in [-0.39, 0.29) is 18.3 Å². The number of nitrogens with one attached hydrogen (secondary N) is 1. The molecule has 0 aliphatic carbocycles. The number of halogens is 1. The van der Waals surface area contributed by atoms with Crippen molar-refractivity contribution in [1.82, 2.24) is 9.78 Å². The lowest BCUT2D eigenvalue weighted by atomic mass is 10.3. The summed E-state index contributed by atoms with van der Waals surface area (Å²) in [5, 5.41) is 6.50. The van der Waals surface area contributed by atoms with Crippen LogP contribution in [-0.2, 0) is 11.3 Å². The Balaban J connectivity index is 1.95. The molecule has 2 aromatic rings. The number of amides is 1. The highest BCUT2D eigenvalue weighted by atomic mass is 19.1. The third-order valence-corrected chi connectivity index (χ3v) is 2.09. The highest BCUT2D eigenvalue weighted by Gasteiger charge is 2.04. The molecule has 0 aliphatic heterocycles. The molecule has 0 radical (unpaired) electrons. The van der Waals surface area contributed by atoms with Gasteiger partial charge in [0.05, 0.1) is 0 Å². The number of anilines is 2. The average Bonchev–Trinajstić information content (AvgIpc) is 2.67. The fraction of sp³-hybridized carbons (Fsp3) is 0.0909. The molecule has 0 aliphatic rings. The average molecular weight is 234 g/mol. The number of hydrogen-bond donors (Lipinski definition) is 2. The van der Waals surface area contributed by atoms with Crippen LogP contribution >= 0.6 is 0 Å². The predicted molar refractivity (Wildman–Crippen MR) is 61.7 cm³/mol. The van der Waals surface area contributed by atoms with Gasteiger partial charge in [-0.2, -0.15) is 5.10 Å². The number of hydrogen-bond acceptors (Lipinski definition) is 3. The zero-order valence-electron chi connectivity index (χ0n) is 8.93. The summed E-state index contributed by atoms with van der Waals surface area (Å²) in [6.45, 7) is 0.0641. The molecule has 17 heavy (non-hydrogen) atoms. The van der Waals surface area contributed by atoms with Crippen molar-refractivity contribution in [3.63, 3.8) is 0 Å². The van der Waals surface area contributed by atoms with E-state index in [1.54, 1.807) is 12.3 Å². The van der Waals surface area contributed by atoms with Crippen molar-refractivity contribution in [3.05, 3.63) is 42.3 Å². The summed E-state index contributed by atoms with van der Waals surface area (Å²) in [4.78, 5) is 11.6. The summed E-state index contributed by atoms with van der Waals surface area (Å²) in [5.74, 6) is -0.234. The van der Waals surface area contributed by atoms with E-state index < -0.39 is 0 Å². The molecule has 0 fully saturated rings. The maximum absolute atomic E-state index is 12.6. The van der Waals surface area contributed by atoms with Crippen LogP contribution in [0.2, 0.25) is 0 Å². The van der Waals surface area contributed by atoms with E-state index in [4.69, 9.17) is 5.73 Å². The molecule has 0 spiro atoms. The SMILES string of the molecule is Nc1ccn(CC(=O)Nc2ccc(F)cc2)n1. The molecule has 6 heteroatoms. The number of nitrogens with zero attached hydrogens (tertiary/aromatic N) is 2. The van der Waals surface area contributed by atoms with Gasteiger partial charge in [0.15, 0.2) is 0 Å². The van der Waals surface area contributed by atoms with Crippen LogP contribution in [0, 0.1) is 5.82 Å². The molecule has 2 rings (SSSR count). The third-order valence-electron chi connectivity index (χ3n) is 2.09. The molecule has 1 aromatic heterocycles. The van der Waals surface area contributed by atoms with Crippen molar-refractivity contribution in [2.45, 2.75) is 6.54 Å². The number of rotatable bonds is 3. The second-order valence-electron chi connectivity index (χ2n) is 3.49. The molecular formula is C11H11FN4O. The molecule has 0 unspecified atom stereocenters. The third kappa shape index (κ3) is 3.04. The molecule has 88 valence electrons. The minimum absolute atomic E-state index is 0.0641. The first-order valence-electron chi connectivity index (χ1n) is 4.98. The van der Waals surface area contributed by atoms with Gasteiger partial charge in [0.25, 0.3) is 0 Å². The van der Waals surface area contributed by atoms with Crippen molar-refractivity contribution in [2.24, 2.45) is 0 Å². The number of carbonyl (C=O) groups excluding carboxylic acids is 1. The van der Waals surface area contributed by atoms with Gasteiger partial charge in [0.2, 0.25) is 5.91 Å². The van der Waals surface area contributed by atoms with Crippen LogP contribution in [0.3, 0.4) is 0 Å². The van der Waals surface area contributed by atoms with Gasteiger partial charge in [0, 0.05) is 11.9 Å². The Morgan fingerprint density at radius 1 is 1.35 bits per heavy atom. The van der Waals surface area contributed by atoms with Gasteiger partial charge in [-0.3, -0.25) is 9.48 Å². The smallest absolute Gasteiger partial charge is 0.246 e. The topological polar surface area (TPSA) is 72.9 Å². The monoisotopic (exact) mass is 234 g/mol. The summed E-state index contributed by atoms with van der Waals surface area (Å²) >= 11 is 0. The quantitative estimate of drug-likeness (QED) is 0.839. The van der Waals surface area contributed by atoms with Crippen LogP contribution in [0.25, 0.3) is 0 Å². The summed E-state index contributed by atoms with van der Waals surface area (Å²) in [6, 6.07) is 7.14. The molecule has 0 bridgehead atoms. The van der Waals surface area contributed by atoms with E-state index in [0.717, 1.165) is 0 Å². The Hall–Kier alpha value is -2.37. The lowest BCUT2D eigenvalue weighted by Gasteiger charge is -2.04. The first-order chi connectivity index (χ1) is 8.13. The lowest BCUT2D eigenvalue weighted by Crippen LogP contribution is -2.19. The van der Waals surface area contributed by atoms with E-state index in [2.05, 4.69) is 10.4 Å². The summed E-state index contributed by atoms with van der Waals surface area (Å²) in [5.41, 5.74) is 5.96. The zero-order valence-corrected chi connectivity index (χ0v) is 8.93. The van der Waals surface area contributed by atoms with Gasteiger partial charge in [-0.05, 0) is 30.3 Å². The van der Waals surface area contributed by atoms with Crippen molar-refractivity contribution < 1.29 is 9.18 Å². The van der Waals surface area contributed by atoms with Crippen LogP contribution in [-0.4, -0.2) is 15.7 Å². The van der Waals surface area contributed by atoms with Gasteiger partial charge in [-0.1, -0.05) is 0 Å². The largest absolute Gasteiger partial charge is 0.382 e. The fourth-order valence-corrected chi connectivity index (χ4v) is 1.35. The maximum Gasteiger partial charge on any atom is 0.246 e. The van der Waals surface area contributed by atoms with E-state index in [0.29, 0.717) is 11.5 Å². The number of aromatic nitrogens is 2. The van der Waals surface area contributed by atoms with Gasteiger partial charge >= 0.3 is 0 Å². The van der Waals surface area contributed by atoms with E-state index in [1.807, 2.05) is 0 Å². The van der Waals surface area contributed by atoms with Gasteiger partial charge in [-0.25, -0.2) is 4.39 Å². The first-order valence-corrected chi connectivity index (χ1v) is 4.98. The molecule has 1 heterocycles. The van der Waals surface area contributed by atoms with Crippen molar-refractivity contribution >= 4 is 17.4 Å². The van der Waals surface area contributed by atoms with Crippen LogP contribution in [0.5, 0.6) is 0 Å². The first kappa shape index (κ1) is 11.1. The minimum Gasteiger partial charge on any atom is -0.382 e. The summed E-state index contributed by atoms with van der Waals surface area (Å²) in [6.07, 6.45) is 1.61. The Labute approximate surface area is 97.0 Å². The predicted octanol–water partition coefficient (Wildman–Crippen LogP) is 1.24. The Bertz CT molecular complexity index is 521. The van der Waals surface area contributed by atoms with Crippen LogP contribution in [0.1, 0.15) is 0 Å². The summed E-state index contributed by atoms with van der Waals surface area (Å²) in [7, 11) is 0. The normalized spacial score (nSPS) is 10.2. The van der Waals surface area contributed by atoms with Gasteiger partial charge < -0.3 is 11.1 Å². The number of nitrogen functional groups attached to an aromatic ring is 1. The van der Waals surface area contributed by atoms with Crippen LogP contribution in [0.4, 0.5) is 15.9 Å². The van der Waals surface area contributed by atoms with Crippen molar-refractivity contribution in [1.29, 1.82) is 0 Å². The number of carbonyl (C=O) groups is 1. The molecule has 1 amide bonds. The minimum atomic E-state index is -0.345. The second kappa shape index (κ2) is 4.65. The number of benzene rings is 1. The van der Waals surface area contributed by atoms with Crippen LogP contribution < -0.4 is 11.1 Å².